The molecule has 0 aromatic heterocycles. The Bertz CT molecular complexity index is 322. The molecular formula is C12H17ClO2. The molecule has 0 aliphatic heterocycles. The fourth-order valence-corrected chi connectivity index (χ4v) is 1.88. The highest BCUT2D eigenvalue weighted by Gasteiger charge is 2.30. The fraction of sp³-hybridized carbons (Fsp3) is 0.500. The molecule has 0 fully saturated rings. The van der Waals surface area contributed by atoms with Gasteiger partial charge in [-0.3, -0.25) is 0 Å². The lowest BCUT2D eigenvalue weighted by Gasteiger charge is -2.30. The molecule has 2 N–H and O–H groups in total. The number of hydrogen-bond acceptors (Lipinski definition) is 2. The summed E-state index contributed by atoms with van der Waals surface area (Å²) in [7, 11) is 0. The highest BCUT2D eigenvalue weighted by atomic mass is 35.5. The number of rotatable bonds is 3. The van der Waals surface area contributed by atoms with E-state index < -0.39 is 11.2 Å². The van der Waals surface area contributed by atoms with Crippen LogP contribution < -0.4 is 0 Å². The van der Waals surface area contributed by atoms with E-state index in [0.29, 0.717) is 5.02 Å². The Morgan fingerprint density at radius 1 is 1.07 bits per heavy atom. The van der Waals surface area contributed by atoms with Crippen LogP contribution in [-0.2, 0) is 5.60 Å². The molecule has 2 nitrogen and oxygen atoms in total. The van der Waals surface area contributed by atoms with Gasteiger partial charge in [0, 0.05) is 11.4 Å². The van der Waals surface area contributed by atoms with Gasteiger partial charge in [0.05, 0.1) is 11.2 Å². The van der Waals surface area contributed by atoms with E-state index >= 15 is 0 Å². The van der Waals surface area contributed by atoms with Crippen molar-refractivity contribution < 1.29 is 10.2 Å². The molecule has 1 rings (SSSR count). The van der Waals surface area contributed by atoms with Crippen molar-refractivity contribution in [2.45, 2.75) is 38.4 Å². The van der Waals surface area contributed by atoms with Crippen LogP contribution in [0.4, 0.5) is 0 Å². The molecule has 1 atom stereocenters. The lowest BCUT2D eigenvalue weighted by Crippen LogP contribution is -2.33. The largest absolute Gasteiger partial charge is 0.390 e. The molecule has 0 spiro atoms. The SMILES string of the molecule is CC(C)(O)CC(C)(O)c1ccc(Cl)cc1. The van der Waals surface area contributed by atoms with E-state index in [9.17, 15) is 10.2 Å². The van der Waals surface area contributed by atoms with Crippen molar-refractivity contribution in [3.8, 4) is 0 Å². The molecule has 0 aliphatic carbocycles. The Balaban J connectivity index is 2.90. The second-order valence-corrected chi connectivity index (χ2v) is 5.21. The van der Waals surface area contributed by atoms with Crippen molar-refractivity contribution in [2.75, 3.05) is 0 Å². The molecule has 3 heteroatoms. The van der Waals surface area contributed by atoms with E-state index in [1.807, 2.05) is 0 Å². The molecule has 1 unspecified atom stereocenters. The summed E-state index contributed by atoms with van der Waals surface area (Å²) in [5.74, 6) is 0. The third-order valence-corrected chi connectivity index (χ3v) is 2.49. The van der Waals surface area contributed by atoms with Crippen molar-refractivity contribution in [3.63, 3.8) is 0 Å². The zero-order valence-electron chi connectivity index (χ0n) is 9.29. The minimum atomic E-state index is -1.04. The van der Waals surface area contributed by atoms with Gasteiger partial charge in [0.1, 0.15) is 0 Å². The third-order valence-electron chi connectivity index (χ3n) is 2.24. The van der Waals surface area contributed by atoms with Gasteiger partial charge in [0.15, 0.2) is 0 Å². The Labute approximate surface area is 95.5 Å². The van der Waals surface area contributed by atoms with Gasteiger partial charge in [-0.2, -0.15) is 0 Å². The molecule has 0 aliphatic rings. The van der Waals surface area contributed by atoms with Gasteiger partial charge in [-0.05, 0) is 38.5 Å². The maximum absolute atomic E-state index is 10.2. The molecule has 1 aromatic carbocycles. The van der Waals surface area contributed by atoms with Gasteiger partial charge < -0.3 is 10.2 Å². The summed E-state index contributed by atoms with van der Waals surface area (Å²) in [5, 5.41) is 20.5. The molecule has 0 saturated carbocycles. The van der Waals surface area contributed by atoms with Crippen LogP contribution in [0.15, 0.2) is 24.3 Å². The first kappa shape index (κ1) is 12.5. The van der Waals surface area contributed by atoms with Crippen LogP contribution in [0.2, 0.25) is 5.02 Å². The van der Waals surface area contributed by atoms with Crippen molar-refractivity contribution >= 4 is 11.6 Å². The molecule has 0 heterocycles. The highest BCUT2D eigenvalue weighted by Crippen LogP contribution is 2.30. The summed E-state index contributed by atoms with van der Waals surface area (Å²) in [6.07, 6.45) is 0.279. The molecule has 84 valence electrons. The van der Waals surface area contributed by atoms with Gasteiger partial charge in [-0.15, -0.1) is 0 Å². The van der Waals surface area contributed by atoms with Crippen molar-refractivity contribution in [1.29, 1.82) is 0 Å². The van der Waals surface area contributed by atoms with E-state index in [-0.39, 0.29) is 6.42 Å². The minimum absolute atomic E-state index is 0.279. The van der Waals surface area contributed by atoms with Crippen LogP contribution in [0.1, 0.15) is 32.8 Å². The van der Waals surface area contributed by atoms with Gasteiger partial charge in [0.25, 0.3) is 0 Å². The van der Waals surface area contributed by atoms with E-state index in [1.54, 1.807) is 45.0 Å². The van der Waals surface area contributed by atoms with Crippen LogP contribution in [0.3, 0.4) is 0 Å². The summed E-state index contributed by atoms with van der Waals surface area (Å²) in [6, 6.07) is 7.01. The van der Waals surface area contributed by atoms with Crippen LogP contribution in [0.5, 0.6) is 0 Å². The van der Waals surface area contributed by atoms with Crippen LogP contribution in [0, 0.1) is 0 Å². The minimum Gasteiger partial charge on any atom is -0.390 e. The first-order valence-electron chi connectivity index (χ1n) is 4.91. The average molecular weight is 229 g/mol. The second-order valence-electron chi connectivity index (χ2n) is 4.77. The standard InChI is InChI=1S/C12H17ClO2/c1-11(2,14)8-12(3,15)9-4-6-10(13)7-5-9/h4-7,14-15H,8H2,1-3H3. The third kappa shape index (κ3) is 3.82. The monoisotopic (exact) mass is 228 g/mol. The first-order chi connectivity index (χ1) is 6.71. The van der Waals surface area contributed by atoms with E-state index in [0.717, 1.165) is 5.56 Å². The van der Waals surface area contributed by atoms with Crippen LogP contribution in [0.25, 0.3) is 0 Å². The molecule has 15 heavy (non-hydrogen) atoms. The van der Waals surface area contributed by atoms with Gasteiger partial charge in [-0.1, -0.05) is 23.7 Å². The highest BCUT2D eigenvalue weighted by molar-refractivity contribution is 6.30. The summed E-state index contributed by atoms with van der Waals surface area (Å²) in [5.41, 5.74) is -1.18. The van der Waals surface area contributed by atoms with Crippen LogP contribution >= 0.6 is 11.6 Å². The molecule has 0 radical (unpaired) electrons. The topological polar surface area (TPSA) is 40.5 Å². The Morgan fingerprint density at radius 3 is 1.93 bits per heavy atom. The van der Waals surface area contributed by atoms with Crippen molar-refractivity contribution in [2.24, 2.45) is 0 Å². The normalized spacial score (nSPS) is 16.1. The maximum Gasteiger partial charge on any atom is 0.0895 e. The van der Waals surface area contributed by atoms with Crippen molar-refractivity contribution in [3.05, 3.63) is 34.9 Å². The zero-order valence-corrected chi connectivity index (χ0v) is 10.0. The number of benzene rings is 1. The first-order valence-corrected chi connectivity index (χ1v) is 5.29. The summed E-state index contributed by atoms with van der Waals surface area (Å²) in [6.45, 7) is 5.04. The van der Waals surface area contributed by atoms with E-state index in [1.165, 1.54) is 0 Å². The quantitative estimate of drug-likeness (QED) is 0.835. The number of aliphatic hydroxyl groups is 2. The summed E-state index contributed by atoms with van der Waals surface area (Å²) >= 11 is 5.76. The molecule has 0 bridgehead atoms. The second kappa shape index (κ2) is 4.12. The van der Waals surface area contributed by atoms with Gasteiger partial charge in [-0.25, -0.2) is 0 Å². The predicted molar refractivity (Wildman–Crippen MR) is 61.9 cm³/mol. The Kier molecular flexibility index (Phi) is 3.44. The van der Waals surface area contributed by atoms with Gasteiger partial charge in [0.2, 0.25) is 0 Å². The molecule has 0 amide bonds. The van der Waals surface area contributed by atoms with Gasteiger partial charge >= 0.3 is 0 Å². The number of halogens is 1. The molecule has 0 saturated heterocycles. The summed E-state index contributed by atoms with van der Waals surface area (Å²) in [4.78, 5) is 0. The maximum atomic E-state index is 10.2. The average Bonchev–Trinajstić information content (AvgIpc) is 2.00. The van der Waals surface area contributed by atoms with Crippen molar-refractivity contribution in [1.82, 2.24) is 0 Å². The summed E-state index contributed by atoms with van der Waals surface area (Å²) < 4.78 is 0. The predicted octanol–water partition coefficient (Wildman–Crippen LogP) is 2.71. The smallest absolute Gasteiger partial charge is 0.0895 e. The Hall–Kier alpha value is -0.570. The Morgan fingerprint density at radius 2 is 1.53 bits per heavy atom. The van der Waals surface area contributed by atoms with E-state index in [2.05, 4.69) is 0 Å². The molecular weight excluding hydrogens is 212 g/mol. The lowest BCUT2D eigenvalue weighted by molar-refractivity contribution is -0.0390. The molecule has 1 aromatic rings. The zero-order chi connectivity index (χ0) is 11.7. The number of hydrogen-bond donors (Lipinski definition) is 2. The fourth-order valence-electron chi connectivity index (χ4n) is 1.75. The van der Waals surface area contributed by atoms with Crippen LogP contribution in [-0.4, -0.2) is 15.8 Å². The van der Waals surface area contributed by atoms with E-state index in [4.69, 9.17) is 11.6 Å². The lowest BCUT2D eigenvalue weighted by atomic mass is 9.85.